The second-order valence-corrected chi connectivity index (χ2v) is 14.4. The number of fused-ring (bicyclic) bond motifs is 2. The number of H-pyrrole nitrogens is 1. The largest absolute Gasteiger partial charge is 0.366 e. The molecule has 35 heavy (non-hydrogen) atoms. The van der Waals surface area contributed by atoms with Gasteiger partial charge >= 0.3 is 0 Å². The number of nitrogens with zero attached hydrogens (tertiary/aromatic N) is 1. The predicted molar refractivity (Wildman–Crippen MR) is 155 cm³/mol. The first-order chi connectivity index (χ1) is 16.0. The average molecular weight is 493 g/mol. The summed E-state index contributed by atoms with van der Waals surface area (Å²) in [5, 5.41) is 2.06. The zero-order chi connectivity index (χ0) is 26.0. The summed E-state index contributed by atoms with van der Waals surface area (Å²) in [6.07, 6.45) is 3.38. The van der Waals surface area contributed by atoms with Crippen molar-refractivity contribution in [2.45, 2.75) is 110 Å². The van der Waals surface area contributed by atoms with E-state index in [1.807, 2.05) is 0 Å². The van der Waals surface area contributed by atoms with E-state index in [0.29, 0.717) is 0 Å². The maximum Gasteiger partial charge on any atom is 0.0460 e. The van der Waals surface area contributed by atoms with E-state index in [1.54, 1.807) is 0 Å². The van der Waals surface area contributed by atoms with Crippen LogP contribution in [0.15, 0.2) is 36.4 Å². The van der Waals surface area contributed by atoms with Crippen LogP contribution in [0.25, 0.3) is 10.9 Å². The monoisotopic (exact) mass is 492 g/mol. The fraction of sp³-hybridized carbons (Fsp3) is 0.562. The van der Waals surface area contributed by atoms with Gasteiger partial charge in [-0.1, -0.05) is 72.2 Å². The summed E-state index contributed by atoms with van der Waals surface area (Å²) in [5.41, 5.74) is 8.36. The molecule has 0 amide bonds. The van der Waals surface area contributed by atoms with Crippen molar-refractivity contribution in [3.63, 3.8) is 0 Å². The Morgan fingerprint density at radius 1 is 0.829 bits per heavy atom. The average Bonchev–Trinajstić information content (AvgIpc) is 3.34. The van der Waals surface area contributed by atoms with Crippen LogP contribution in [0.3, 0.4) is 0 Å². The van der Waals surface area contributed by atoms with Gasteiger partial charge in [-0.3, -0.25) is 0 Å². The Morgan fingerprint density at radius 2 is 1.49 bits per heavy atom. The van der Waals surface area contributed by atoms with Gasteiger partial charge in [0.1, 0.15) is 0 Å². The molecule has 0 fully saturated rings. The molecule has 2 heterocycles. The van der Waals surface area contributed by atoms with Crippen molar-refractivity contribution in [2.24, 2.45) is 0 Å². The Kier molecular flexibility index (Phi) is 6.41. The number of hydrogen-bond acceptors (Lipinski definition) is 1. The summed E-state index contributed by atoms with van der Waals surface area (Å²) in [5.74, 6) is 0. The van der Waals surface area contributed by atoms with Gasteiger partial charge in [0.25, 0.3) is 0 Å². The summed E-state index contributed by atoms with van der Waals surface area (Å²) in [4.78, 5) is 6.32. The van der Waals surface area contributed by atoms with Gasteiger partial charge in [-0.2, -0.15) is 0 Å². The lowest BCUT2D eigenvalue weighted by Gasteiger charge is -2.36. The second-order valence-electron chi connectivity index (χ2n) is 14.0. The first kappa shape index (κ1) is 26.1. The van der Waals surface area contributed by atoms with Gasteiger partial charge in [-0.25, -0.2) is 0 Å². The van der Waals surface area contributed by atoms with Crippen molar-refractivity contribution in [1.29, 1.82) is 0 Å². The summed E-state index contributed by atoms with van der Waals surface area (Å²) < 4.78 is 0. The number of rotatable bonds is 5. The molecule has 0 aliphatic carbocycles. The van der Waals surface area contributed by atoms with Gasteiger partial charge in [-0.15, -0.1) is 0 Å². The Labute approximate surface area is 218 Å². The smallest absolute Gasteiger partial charge is 0.0460 e. The highest BCUT2D eigenvalue weighted by molar-refractivity contribution is 6.32. The maximum absolute atomic E-state index is 6.66. The van der Waals surface area contributed by atoms with Crippen LogP contribution in [0.2, 0.25) is 5.02 Å². The molecule has 2 aromatic carbocycles. The highest BCUT2D eigenvalue weighted by Gasteiger charge is 2.32. The van der Waals surface area contributed by atoms with Gasteiger partial charge in [0.05, 0.1) is 0 Å². The number of anilines is 1. The lowest BCUT2D eigenvalue weighted by molar-refractivity contribution is 0.370. The van der Waals surface area contributed by atoms with Gasteiger partial charge in [0.2, 0.25) is 0 Å². The molecule has 0 spiro atoms. The third-order valence-corrected chi connectivity index (χ3v) is 8.51. The van der Waals surface area contributed by atoms with Crippen molar-refractivity contribution in [1.82, 2.24) is 4.98 Å². The Hall–Kier alpha value is -1.93. The number of hydrogen-bond donors (Lipinski definition) is 1. The number of nitrogens with one attached hydrogen (secondary N) is 1. The van der Waals surface area contributed by atoms with E-state index in [0.717, 1.165) is 30.8 Å². The molecule has 0 saturated heterocycles. The minimum Gasteiger partial charge on any atom is -0.366 e. The van der Waals surface area contributed by atoms with Crippen LogP contribution in [0.5, 0.6) is 0 Å². The minimum atomic E-state index is 0.0223. The molecule has 3 aromatic rings. The summed E-state index contributed by atoms with van der Waals surface area (Å²) >= 11 is 6.66. The second kappa shape index (κ2) is 8.58. The van der Waals surface area contributed by atoms with E-state index in [2.05, 4.69) is 116 Å². The van der Waals surface area contributed by atoms with Gasteiger partial charge in [0.15, 0.2) is 0 Å². The number of aromatic amines is 1. The number of benzene rings is 2. The Morgan fingerprint density at radius 3 is 2.11 bits per heavy atom. The molecule has 4 rings (SSSR count). The highest BCUT2D eigenvalue weighted by Crippen LogP contribution is 2.41. The molecule has 0 unspecified atom stereocenters. The van der Waals surface area contributed by atoms with Crippen LogP contribution < -0.4 is 4.90 Å². The Bertz CT molecular complexity index is 1230. The van der Waals surface area contributed by atoms with E-state index in [1.165, 1.54) is 39.0 Å². The first-order valence-corrected chi connectivity index (χ1v) is 13.6. The normalized spacial score (nSPS) is 15.2. The third-order valence-electron chi connectivity index (χ3n) is 8.19. The molecule has 1 aliphatic heterocycles. The molecular weight excluding hydrogens is 448 g/mol. The summed E-state index contributed by atoms with van der Waals surface area (Å²) in [6.45, 7) is 24.3. The van der Waals surface area contributed by atoms with Crippen LogP contribution in [0.1, 0.15) is 104 Å². The number of aromatic nitrogens is 1. The van der Waals surface area contributed by atoms with Crippen molar-refractivity contribution in [2.75, 3.05) is 11.4 Å². The molecule has 2 nitrogen and oxygen atoms in total. The van der Waals surface area contributed by atoms with Crippen molar-refractivity contribution in [3.8, 4) is 0 Å². The summed E-state index contributed by atoms with van der Waals surface area (Å²) in [6, 6.07) is 13.9. The van der Waals surface area contributed by atoms with Crippen LogP contribution in [-0.4, -0.2) is 17.1 Å². The zero-order valence-corrected chi connectivity index (χ0v) is 24.4. The van der Waals surface area contributed by atoms with E-state index in [9.17, 15) is 0 Å². The van der Waals surface area contributed by atoms with Crippen LogP contribution in [-0.2, 0) is 22.7 Å². The number of halogens is 1. The molecule has 0 saturated carbocycles. The molecule has 0 atom stereocenters. The molecule has 1 aromatic heterocycles. The SMILES string of the molecule is CC(C)(C)c1cc2[nH]c(C(C)(C)CCC(C)(C)c3ccc4c(c3)N(C(C)(C)C)CC4)cc2cc1Cl. The lowest BCUT2D eigenvalue weighted by atomic mass is 9.74. The van der Waals surface area contributed by atoms with Crippen molar-refractivity contribution < 1.29 is 0 Å². The van der Waals surface area contributed by atoms with E-state index < -0.39 is 0 Å². The first-order valence-electron chi connectivity index (χ1n) is 13.2. The molecule has 1 aliphatic rings. The van der Waals surface area contributed by atoms with E-state index in [-0.39, 0.29) is 21.8 Å². The highest BCUT2D eigenvalue weighted by atomic mass is 35.5. The lowest BCUT2D eigenvalue weighted by Crippen LogP contribution is -2.40. The maximum atomic E-state index is 6.66. The molecular formula is C32H45ClN2. The third kappa shape index (κ3) is 5.15. The quantitative estimate of drug-likeness (QED) is 0.375. The summed E-state index contributed by atoms with van der Waals surface area (Å²) in [7, 11) is 0. The molecule has 190 valence electrons. The molecule has 3 heteroatoms. The Balaban J connectivity index is 1.56. The van der Waals surface area contributed by atoms with Gasteiger partial charge in [-0.05, 0) is 91.8 Å². The predicted octanol–water partition coefficient (Wildman–Crippen LogP) is 9.32. The fourth-order valence-electron chi connectivity index (χ4n) is 5.49. The molecule has 0 bridgehead atoms. The molecule has 0 radical (unpaired) electrons. The van der Waals surface area contributed by atoms with E-state index >= 15 is 0 Å². The van der Waals surface area contributed by atoms with Crippen LogP contribution >= 0.6 is 11.6 Å². The van der Waals surface area contributed by atoms with Gasteiger partial charge < -0.3 is 9.88 Å². The fourth-order valence-corrected chi connectivity index (χ4v) is 5.95. The van der Waals surface area contributed by atoms with E-state index in [4.69, 9.17) is 11.6 Å². The van der Waals surface area contributed by atoms with Crippen LogP contribution in [0, 0.1) is 0 Å². The van der Waals surface area contributed by atoms with Gasteiger partial charge in [0, 0.05) is 44.8 Å². The van der Waals surface area contributed by atoms with Crippen molar-refractivity contribution >= 4 is 28.2 Å². The van der Waals surface area contributed by atoms with Crippen molar-refractivity contribution in [3.05, 3.63) is 63.8 Å². The minimum absolute atomic E-state index is 0.0223. The topological polar surface area (TPSA) is 19.0 Å². The van der Waals surface area contributed by atoms with Crippen LogP contribution in [0.4, 0.5) is 5.69 Å². The standard InChI is InChI=1S/C32H45ClN2/c1-29(2,3)24-20-26-22(17-25(24)33)18-28(34-26)32(9,10)15-14-31(7,8)23-12-11-21-13-16-35(27(21)19-23)30(4,5)6/h11-12,17-20,34H,13-16H2,1-10H3. The molecule has 1 N–H and O–H groups in total. The zero-order valence-electron chi connectivity index (χ0n) is 23.6.